The van der Waals surface area contributed by atoms with E-state index in [1.54, 1.807) is 0 Å². The third kappa shape index (κ3) is 5.04. The van der Waals surface area contributed by atoms with Crippen molar-refractivity contribution < 1.29 is 0 Å². The lowest BCUT2D eigenvalue weighted by Gasteiger charge is -2.41. The van der Waals surface area contributed by atoms with Gasteiger partial charge in [-0.3, -0.25) is 0 Å². The predicted octanol–water partition coefficient (Wildman–Crippen LogP) is 6.92. The lowest BCUT2D eigenvalue weighted by Crippen LogP contribution is -2.46. The second-order valence-electron chi connectivity index (χ2n) is 11.0. The van der Waals surface area contributed by atoms with Gasteiger partial charge in [0.25, 0.3) is 0 Å². The van der Waals surface area contributed by atoms with Crippen LogP contribution in [0.1, 0.15) is 73.1 Å². The van der Waals surface area contributed by atoms with E-state index in [0.717, 1.165) is 24.2 Å². The molecular formula is C31H43N3. The van der Waals surface area contributed by atoms with Crippen LogP contribution in [0.3, 0.4) is 0 Å². The number of anilines is 1. The average Bonchev–Trinajstić information content (AvgIpc) is 3.62. The normalized spacial score (nSPS) is 18.4. The summed E-state index contributed by atoms with van der Waals surface area (Å²) >= 11 is 0. The number of nitrogens with zero attached hydrogens (tertiary/aromatic N) is 2. The number of nitrogens with one attached hydrogen (secondary N) is 1. The molecule has 34 heavy (non-hydrogen) atoms. The topological polar surface area (TPSA) is 18.5 Å². The lowest BCUT2D eigenvalue weighted by atomic mass is 9.75. The van der Waals surface area contributed by atoms with E-state index in [2.05, 4.69) is 92.8 Å². The van der Waals surface area contributed by atoms with Crippen LogP contribution >= 0.6 is 0 Å². The van der Waals surface area contributed by atoms with Crippen molar-refractivity contribution in [1.29, 1.82) is 0 Å². The van der Waals surface area contributed by atoms with Crippen molar-refractivity contribution in [3.05, 3.63) is 89.8 Å². The van der Waals surface area contributed by atoms with Gasteiger partial charge in [-0.15, -0.1) is 6.58 Å². The van der Waals surface area contributed by atoms with Gasteiger partial charge in [0.1, 0.15) is 0 Å². The van der Waals surface area contributed by atoms with Crippen molar-refractivity contribution in [2.75, 3.05) is 32.6 Å². The molecular weight excluding hydrogens is 414 g/mol. The minimum absolute atomic E-state index is 0.0879. The van der Waals surface area contributed by atoms with Gasteiger partial charge in [0.15, 0.2) is 0 Å². The minimum Gasteiger partial charge on any atom is -0.374 e. The number of benzene rings is 2. The van der Waals surface area contributed by atoms with Crippen LogP contribution in [0, 0.1) is 12.8 Å². The Kier molecular flexibility index (Phi) is 7.12. The molecule has 0 spiro atoms. The van der Waals surface area contributed by atoms with Crippen LogP contribution in [0.15, 0.2) is 67.5 Å². The van der Waals surface area contributed by atoms with Gasteiger partial charge in [-0.25, -0.2) is 0 Å². The third-order valence-electron chi connectivity index (χ3n) is 8.12. The van der Waals surface area contributed by atoms with Crippen LogP contribution in [0.5, 0.6) is 0 Å². The molecule has 2 saturated carbocycles. The fourth-order valence-electron chi connectivity index (χ4n) is 5.34. The highest BCUT2D eigenvalue weighted by Gasteiger charge is 2.37. The Balaban J connectivity index is 1.72. The maximum atomic E-state index is 4.32. The Morgan fingerprint density at radius 2 is 1.76 bits per heavy atom. The molecule has 2 fully saturated rings. The molecule has 3 heteroatoms. The zero-order valence-electron chi connectivity index (χ0n) is 21.9. The maximum Gasteiger partial charge on any atom is 0.0940 e. The van der Waals surface area contributed by atoms with Crippen LogP contribution in [-0.4, -0.2) is 32.6 Å². The molecule has 0 aromatic heterocycles. The molecule has 4 rings (SSSR count). The van der Waals surface area contributed by atoms with E-state index in [4.69, 9.17) is 0 Å². The summed E-state index contributed by atoms with van der Waals surface area (Å²) in [6.45, 7) is 14.3. The second-order valence-corrected chi connectivity index (χ2v) is 11.0. The largest absolute Gasteiger partial charge is 0.374 e. The number of hydrogen-bond donors (Lipinski definition) is 1. The average molecular weight is 458 g/mol. The van der Waals surface area contributed by atoms with Gasteiger partial charge in [-0.2, -0.15) is 0 Å². The van der Waals surface area contributed by atoms with E-state index in [-0.39, 0.29) is 5.92 Å². The summed E-state index contributed by atoms with van der Waals surface area (Å²) in [5.41, 5.74) is 6.25. The van der Waals surface area contributed by atoms with E-state index in [9.17, 15) is 0 Å². The van der Waals surface area contributed by atoms with Gasteiger partial charge in [0.2, 0.25) is 0 Å². The molecule has 0 radical (unpaired) electrons. The molecule has 2 atom stereocenters. The first-order valence-corrected chi connectivity index (χ1v) is 12.9. The van der Waals surface area contributed by atoms with Crippen molar-refractivity contribution in [2.45, 2.75) is 63.3 Å². The monoisotopic (exact) mass is 457 g/mol. The molecule has 3 nitrogen and oxygen atoms in total. The standard InChI is InChI=1S/C31H43N3/c1-8-29(27-17-15-26(16-18-27)25-13-14-25)31(4,32-23(3)33(5)6)28-19-12-22(2)30(20-28)34(7)21-24-10-9-11-24/h8,12,15-20,24-25,29,32H,1,3,9-11,13-14,21H2,2,4-7H3/t29-,31-/m1/s1. The minimum atomic E-state index is -0.399. The number of aryl methyl sites for hydroxylation is 1. The molecule has 2 aromatic carbocycles. The lowest BCUT2D eigenvalue weighted by molar-refractivity contribution is 0.313. The van der Waals surface area contributed by atoms with Crippen molar-refractivity contribution in [3.8, 4) is 0 Å². The Labute approximate surface area is 207 Å². The smallest absolute Gasteiger partial charge is 0.0940 e. The van der Waals surface area contributed by atoms with Crippen molar-refractivity contribution in [2.24, 2.45) is 5.92 Å². The van der Waals surface area contributed by atoms with Gasteiger partial charge >= 0.3 is 0 Å². The first-order valence-electron chi connectivity index (χ1n) is 12.9. The molecule has 0 unspecified atom stereocenters. The summed E-state index contributed by atoms with van der Waals surface area (Å²) in [4.78, 5) is 4.50. The predicted molar refractivity (Wildman–Crippen MR) is 146 cm³/mol. The zero-order valence-corrected chi connectivity index (χ0v) is 21.9. The number of hydrogen-bond acceptors (Lipinski definition) is 3. The fourth-order valence-corrected chi connectivity index (χ4v) is 5.34. The van der Waals surface area contributed by atoms with E-state index in [1.165, 1.54) is 60.0 Å². The Bertz CT molecular complexity index is 1010. The van der Waals surface area contributed by atoms with Crippen molar-refractivity contribution >= 4 is 5.69 Å². The van der Waals surface area contributed by atoms with E-state index in [1.807, 2.05) is 19.0 Å². The van der Waals surface area contributed by atoms with Gasteiger partial charge in [-0.1, -0.05) is 55.5 Å². The molecule has 0 saturated heterocycles. The fraction of sp³-hybridized carbons (Fsp3) is 0.484. The first kappa shape index (κ1) is 24.4. The summed E-state index contributed by atoms with van der Waals surface area (Å²) in [5.74, 6) is 2.58. The van der Waals surface area contributed by atoms with E-state index < -0.39 is 5.54 Å². The maximum absolute atomic E-state index is 4.32. The summed E-state index contributed by atoms with van der Waals surface area (Å²) in [6, 6.07) is 16.2. The van der Waals surface area contributed by atoms with Gasteiger partial charge in [0, 0.05) is 39.3 Å². The summed E-state index contributed by atoms with van der Waals surface area (Å²) in [7, 11) is 6.32. The molecule has 0 amide bonds. The number of rotatable bonds is 11. The molecule has 2 aromatic rings. The summed E-state index contributed by atoms with van der Waals surface area (Å²) < 4.78 is 0. The molecule has 0 aliphatic heterocycles. The highest BCUT2D eigenvalue weighted by atomic mass is 15.2. The molecule has 2 aliphatic rings. The molecule has 182 valence electrons. The van der Waals surface area contributed by atoms with Crippen LogP contribution in [0.25, 0.3) is 0 Å². The van der Waals surface area contributed by atoms with Crippen LogP contribution in [0.4, 0.5) is 5.69 Å². The Hall–Kier alpha value is -2.68. The van der Waals surface area contributed by atoms with E-state index >= 15 is 0 Å². The Morgan fingerprint density at radius 3 is 2.29 bits per heavy atom. The van der Waals surface area contributed by atoms with Crippen molar-refractivity contribution in [3.63, 3.8) is 0 Å². The van der Waals surface area contributed by atoms with E-state index in [0.29, 0.717) is 0 Å². The summed E-state index contributed by atoms with van der Waals surface area (Å²) in [5, 5.41) is 3.80. The zero-order chi connectivity index (χ0) is 24.5. The molecule has 2 aliphatic carbocycles. The highest BCUT2D eigenvalue weighted by molar-refractivity contribution is 5.56. The molecule has 0 heterocycles. The van der Waals surface area contributed by atoms with Crippen molar-refractivity contribution in [1.82, 2.24) is 10.2 Å². The summed E-state index contributed by atoms with van der Waals surface area (Å²) in [6.07, 6.45) is 8.85. The van der Waals surface area contributed by atoms with Crippen LogP contribution < -0.4 is 10.2 Å². The SMILES string of the molecule is C=C[C@H](c1ccc(C2CC2)cc1)[C@](C)(NC(=C)N(C)C)c1ccc(C)c(N(C)CC2CCC2)c1. The first-order chi connectivity index (χ1) is 16.2. The quantitative estimate of drug-likeness (QED) is 0.370. The molecule has 1 N–H and O–H groups in total. The highest BCUT2D eigenvalue weighted by Crippen LogP contribution is 2.43. The van der Waals surface area contributed by atoms with Gasteiger partial charge in [-0.05, 0) is 79.7 Å². The molecule has 0 bridgehead atoms. The second kappa shape index (κ2) is 9.90. The van der Waals surface area contributed by atoms with Crippen LogP contribution in [0.2, 0.25) is 0 Å². The third-order valence-corrected chi connectivity index (χ3v) is 8.12. The van der Waals surface area contributed by atoms with Gasteiger partial charge < -0.3 is 15.1 Å². The van der Waals surface area contributed by atoms with Gasteiger partial charge in [0.05, 0.1) is 11.4 Å². The van der Waals surface area contributed by atoms with Crippen LogP contribution in [-0.2, 0) is 5.54 Å². The Morgan fingerprint density at radius 1 is 1.09 bits per heavy atom.